The van der Waals surface area contributed by atoms with Crippen LogP contribution >= 0.6 is 0 Å². The largest absolute Gasteiger partial charge is 0.350 e. The van der Waals surface area contributed by atoms with Crippen molar-refractivity contribution in [2.75, 3.05) is 13.2 Å². The third-order valence-corrected chi connectivity index (χ3v) is 2.07. The molecule has 0 amide bonds. The number of rotatable bonds is 4. The molecule has 1 saturated heterocycles. The van der Waals surface area contributed by atoms with E-state index in [2.05, 4.69) is 26.0 Å². The Morgan fingerprint density at radius 2 is 2.08 bits per heavy atom. The first-order valence-corrected chi connectivity index (χ1v) is 4.69. The van der Waals surface area contributed by atoms with E-state index in [0.717, 1.165) is 26.1 Å². The summed E-state index contributed by atoms with van der Waals surface area (Å²) in [6, 6.07) is 0. The Morgan fingerprint density at radius 1 is 1.42 bits per heavy atom. The fourth-order valence-corrected chi connectivity index (χ4v) is 1.40. The first-order chi connectivity index (χ1) is 5.83. The highest BCUT2D eigenvalue weighted by molar-refractivity contribution is 4.82. The Bertz CT molecular complexity index is 137. The van der Waals surface area contributed by atoms with Crippen LogP contribution < -0.4 is 0 Å². The molecule has 0 radical (unpaired) electrons. The molecule has 1 rings (SSSR count). The van der Waals surface area contributed by atoms with Crippen LogP contribution in [0, 0.1) is 5.92 Å². The smallest absolute Gasteiger partial charge is 0.157 e. The van der Waals surface area contributed by atoms with Crippen molar-refractivity contribution < 1.29 is 9.47 Å². The van der Waals surface area contributed by atoms with Gasteiger partial charge in [0.1, 0.15) is 0 Å². The summed E-state index contributed by atoms with van der Waals surface area (Å²) in [7, 11) is 0. The molecule has 12 heavy (non-hydrogen) atoms. The van der Waals surface area contributed by atoms with Gasteiger partial charge in [-0.1, -0.05) is 19.1 Å². The van der Waals surface area contributed by atoms with Crippen molar-refractivity contribution in [2.45, 2.75) is 33.0 Å². The zero-order valence-corrected chi connectivity index (χ0v) is 7.95. The molecule has 1 aliphatic rings. The van der Waals surface area contributed by atoms with Crippen LogP contribution in [0.2, 0.25) is 0 Å². The lowest BCUT2D eigenvalue weighted by Gasteiger charge is -2.10. The maximum atomic E-state index is 5.34. The van der Waals surface area contributed by atoms with E-state index in [1.807, 2.05) is 0 Å². The molecule has 0 aromatic carbocycles. The van der Waals surface area contributed by atoms with Crippen molar-refractivity contribution in [1.29, 1.82) is 0 Å². The van der Waals surface area contributed by atoms with E-state index in [0.29, 0.717) is 5.92 Å². The lowest BCUT2D eigenvalue weighted by Crippen LogP contribution is -2.08. The Balaban J connectivity index is 2.07. The molecule has 70 valence electrons. The summed E-state index contributed by atoms with van der Waals surface area (Å²) in [5, 5.41) is 0. The maximum absolute atomic E-state index is 5.34. The van der Waals surface area contributed by atoms with Crippen LogP contribution in [0.1, 0.15) is 26.7 Å². The van der Waals surface area contributed by atoms with Crippen LogP contribution in [0.3, 0.4) is 0 Å². The third-order valence-electron chi connectivity index (χ3n) is 2.07. The van der Waals surface area contributed by atoms with Crippen molar-refractivity contribution in [3.63, 3.8) is 0 Å². The average molecular weight is 170 g/mol. The molecule has 1 fully saturated rings. The van der Waals surface area contributed by atoms with E-state index in [1.165, 1.54) is 0 Å². The van der Waals surface area contributed by atoms with E-state index >= 15 is 0 Å². The molecule has 2 nitrogen and oxygen atoms in total. The van der Waals surface area contributed by atoms with Crippen LogP contribution in [-0.2, 0) is 9.47 Å². The fraction of sp³-hybridized carbons (Fsp3) is 0.800. The molecule has 1 aliphatic heterocycles. The summed E-state index contributed by atoms with van der Waals surface area (Å²) in [4.78, 5) is 0. The summed E-state index contributed by atoms with van der Waals surface area (Å²) in [6.45, 7) is 5.80. The SMILES string of the molecule is C/C=C/[C@@H](C)CCC1OCCO1. The van der Waals surface area contributed by atoms with Gasteiger partial charge in [0, 0.05) is 0 Å². The van der Waals surface area contributed by atoms with Crippen molar-refractivity contribution >= 4 is 0 Å². The van der Waals surface area contributed by atoms with Gasteiger partial charge in [0.2, 0.25) is 0 Å². The first-order valence-electron chi connectivity index (χ1n) is 4.69. The van der Waals surface area contributed by atoms with Gasteiger partial charge in [-0.05, 0) is 25.7 Å². The van der Waals surface area contributed by atoms with Crippen LogP contribution in [0.5, 0.6) is 0 Å². The minimum Gasteiger partial charge on any atom is -0.350 e. The molecule has 0 unspecified atom stereocenters. The van der Waals surface area contributed by atoms with Gasteiger partial charge in [-0.15, -0.1) is 0 Å². The predicted molar refractivity (Wildman–Crippen MR) is 48.9 cm³/mol. The molecule has 0 aliphatic carbocycles. The minimum atomic E-state index is 0.0673. The van der Waals surface area contributed by atoms with Crippen molar-refractivity contribution in [2.24, 2.45) is 5.92 Å². The second-order valence-electron chi connectivity index (χ2n) is 3.25. The molecule has 0 aromatic rings. The highest BCUT2D eigenvalue weighted by Crippen LogP contribution is 2.15. The number of ether oxygens (including phenoxy) is 2. The zero-order valence-electron chi connectivity index (χ0n) is 7.95. The Morgan fingerprint density at radius 3 is 2.67 bits per heavy atom. The summed E-state index contributed by atoms with van der Waals surface area (Å²) >= 11 is 0. The zero-order chi connectivity index (χ0) is 8.81. The van der Waals surface area contributed by atoms with Crippen molar-refractivity contribution in [1.82, 2.24) is 0 Å². The van der Waals surface area contributed by atoms with Gasteiger partial charge in [0.25, 0.3) is 0 Å². The minimum absolute atomic E-state index is 0.0673. The van der Waals surface area contributed by atoms with Gasteiger partial charge in [0.05, 0.1) is 13.2 Å². The Kier molecular flexibility index (Phi) is 4.33. The van der Waals surface area contributed by atoms with Gasteiger partial charge in [-0.25, -0.2) is 0 Å². The molecular weight excluding hydrogens is 152 g/mol. The van der Waals surface area contributed by atoms with Crippen LogP contribution in [0.4, 0.5) is 0 Å². The lowest BCUT2D eigenvalue weighted by atomic mass is 10.1. The Hall–Kier alpha value is -0.340. The van der Waals surface area contributed by atoms with Crippen LogP contribution in [-0.4, -0.2) is 19.5 Å². The summed E-state index contributed by atoms with van der Waals surface area (Å²) in [6.07, 6.45) is 6.55. The monoisotopic (exact) mass is 170 g/mol. The highest BCUT2D eigenvalue weighted by Gasteiger charge is 2.15. The normalized spacial score (nSPS) is 22.2. The topological polar surface area (TPSA) is 18.5 Å². The maximum Gasteiger partial charge on any atom is 0.157 e. The molecule has 1 atom stereocenters. The molecule has 0 aromatic heterocycles. The number of hydrogen-bond donors (Lipinski definition) is 0. The molecule has 1 heterocycles. The summed E-state index contributed by atoms with van der Waals surface area (Å²) in [5.74, 6) is 0.641. The molecular formula is C10H18O2. The third kappa shape index (κ3) is 3.37. The molecule has 0 saturated carbocycles. The molecule has 2 heteroatoms. The van der Waals surface area contributed by atoms with Gasteiger partial charge >= 0.3 is 0 Å². The van der Waals surface area contributed by atoms with Gasteiger partial charge in [0.15, 0.2) is 6.29 Å². The molecule has 0 N–H and O–H groups in total. The second-order valence-corrected chi connectivity index (χ2v) is 3.25. The van der Waals surface area contributed by atoms with Crippen molar-refractivity contribution in [3.8, 4) is 0 Å². The molecule has 0 bridgehead atoms. The van der Waals surface area contributed by atoms with E-state index in [4.69, 9.17) is 9.47 Å². The fourth-order valence-electron chi connectivity index (χ4n) is 1.40. The van der Waals surface area contributed by atoms with E-state index in [-0.39, 0.29) is 6.29 Å². The average Bonchev–Trinajstić information content (AvgIpc) is 2.53. The lowest BCUT2D eigenvalue weighted by molar-refractivity contribution is -0.0490. The summed E-state index contributed by atoms with van der Waals surface area (Å²) < 4.78 is 10.7. The van der Waals surface area contributed by atoms with E-state index in [1.54, 1.807) is 0 Å². The number of allylic oxidation sites excluding steroid dienone is 2. The van der Waals surface area contributed by atoms with Crippen LogP contribution in [0.25, 0.3) is 0 Å². The van der Waals surface area contributed by atoms with E-state index in [9.17, 15) is 0 Å². The predicted octanol–water partition coefficient (Wildman–Crippen LogP) is 2.35. The quantitative estimate of drug-likeness (QED) is 0.603. The van der Waals surface area contributed by atoms with Gasteiger partial charge in [-0.3, -0.25) is 0 Å². The van der Waals surface area contributed by atoms with Crippen molar-refractivity contribution in [3.05, 3.63) is 12.2 Å². The van der Waals surface area contributed by atoms with E-state index < -0.39 is 0 Å². The Labute approximate surface area is 74.6 Å². The second kappa shape index (κ2) is 5.33. The summed E-state index contributed by atoms with van der Waals surface area (Å²) in [5.41, 5.74) is 0. The number of hydrogen-bond acceptors (Lipinski definition) is 2. The standard InChI is InChI=1S/C10H18O2/c1-3-4-9(2)5-6-10-11-7-8-12-10/h3-4,9-10H,5-8H2,1-2H3/b4-3+/t9-/m1/s1. The van der Waals surface area contributed by atoms with Crippen LogP contribution in [0.15, 0.2) is 12.2 Å². The first kappa shape index (κ1) is 9.75. The molecule has 0 spiro atoms. The highest BCUT2D eigenvalue weighted by atomic mass is 16.7. The van der Waals surface area contributed by atoms with Gasteiger partial charge < -0.3 is 9.47 Å². The van der Waals surface area contributed by atoms with Gasteiger partial charge in [-0.2, -0.15) is 0 Å².